The minimum absolute atomic E-state index is 0.00447. The number of alkyl halides is 3. The Hall–Kier alpha value is -1.72. The number of hydrogen-bond donors (Lipinski definition) is 0. The van der Waals surface area contributed by atoms with Gasteiger partial charge in [-0.25, -0.2) is 9.30 Å². The molecular weight excluding hydrogens is 209 g/mol. The van der Waals surface area contributed by atoms with Gasteiger partial charge in [0.05, 0.1) is 30.4 Å². The highest BCUT2D eigenvalue weighted by atomic mass is 19.4. The summed E-state index contributed by atoms with van der Waals surface area (Å²) in [6.07, 6.45) is -2.15. The van der Waals surface area contributed by atoms with E-state index in [4.69, 9.17) is 0 Å². The molecule has 3 nitrogen and oxygen atoms in total. The topological polar surface area (TPSA) is 31.9 Å². The van der Waals surface area contributed by atoms with Crippen molar-refractivity contribution in [1.82, 2.24) is 4.57 Å². The molecule has 0 unspecified atom stereocenters. The van der Waals surface area contributed by atoms with Crippen LogP contribution in [0.5, 0.6) is 0 Å². The van der Waals surface area contributed by atoms with Gasteiger partial charge in [-0.15, -0.1) is 0 Å². The van der Waals surface area contributed by atoms with Crippen LogP contribution >= 0.6 is 0 Å². The zero-order chi connectivity index (χ0) is 11.2. The first kappa shape index (κ1) is 9.82. The van der Waals surface area contributed by atoms with E-state index < -0.39 is 11.7 Å². The molecule has 0 N–H and O–H groups in total. The molecule has 0 aromatic carbocycles. The van der Waals surface area contributed by atoms with Crippen molar-refractivity contribution in [3.05, 3.63) is 35.3 Å². The average Bonchev–Trinajstić information content (AvgIpc) is 2.47. The van der Waals surface area contributed by atoms with Gasteiger partial charge in [0, 0.05) is 0 Å². The molecule has 0 aliphatic carbocycles. The van der Waals surface area contributed by atoms with Crippen molar-refractivity contribution in [3.8, 4) is 0 Å². The predicted molar refractivity (Wildman–Crippen MR) is 46.9 cm³/mol. The number of aromatic nitrogens is 2. The summed E-state index contributed by atoms with van der Waals surface area (Å²) in [5.74, 6) is 0. The van der Waals surface area contributed by atoms with E-state index in [0.29, 0.717) is 4.73 Å². The fraction of sp³-hybridized carbons (Fsp3) is 0.222. The molecule has 0 amide bonds. The molecule has 0 bridgehead atoms. The van der Waals surface area contributed by atoms with E-state index in [-0.39, 0.29) is 11.0 Å². The quantitative estimate of drug-likeness (QED) is 0.488. The Labute approximate surface area is 82.9 Å². The Morgan fingerprint density at radius 1 is 1.33 bits per heavy atom. The van der Waals surface area contributed by atoms with Crippen LogP contribution in [0, 0.1) is 5.21 Å². The molecule has 2 aromatic rings. The lowest BCUT2D eigenvalue weighted by Crippen LogP contribution is -2.29. The first-order valence-corrected chi connectivity index (χ1v) is 4.15. The van der Waals surface area contributed by atoms with Crippen molar-refractivity contribution in [2.45, 2.75) is 6.18 Å². The first-order chi connectivity index (χ1) is 6.91. The van der Waals surface area contributed by atoms with Gasteiger partial charge in [-0.3, -0.25) is 0 Å². The molecule has 0 aliphatic rings. The summed E-state index contributed by atoms with van der Waals surface area (Å²) in [5, 5.41) is 11.2. The van der Waals surface area contributed by atoms with E-state index >= 15 is 0 Å². The van der Waals surface area contributed by atoms with Gasteiger partial charge < -0.3 is 5.21 Å². The van der Waals surface area contributed by atoms with Crippen molar-refractivity contribution >= 4 is 11.0 Å². The summed E-state index contributed by atoms with van der Waals surface area (Å²) in [7, 11) is 1.52. The molecule has 0 saturated heterocycles. The molecule has 80 valence electrons. The minimum Gasteiger partial charge on any atom is -0.711 e. The van der Waals surface area contributed by atoms with E-state index in [0.717, 1.165) is 12.3 Å². The number of nitrogens with zero attached hydrogens (tertiary/aromatic N) is 2. The van der Waals surface area contributed by atoms with Crippen LogP contribution < -0.4 is 4.73 Å². The molecule has 2 rings (SSSR count). The standard InChI is InChI=1S/C9H7F3N2O/c1-13-4-2-6-7(9(10,11)12)3-5-14(15)8(6)13/h2-5H,1H3. The van der Waals surface area contributed by atoms with Crippen LogP contribution in [0.1, 0.15) is 5.56 Å². The molecule has 15 heavy (non-hydrogen) atoms. The number of pyridine rings is 1. The van der Waals surface area contributed by atoms with Gasteiger partial charge in [-0.2, -0.15) is 13.2 Å². The molecule has 0 fully saturated rings. The maximum Gasteiger partial charge on any atom is 0.417 e. The SMILES string of the molecule is Cn1ccc2c(C(F)(F)F)cc[n+]([O-])c21. The number of hydrogen-bond acceptors (Lipinski definition) is 1. The number of rotatable bonds is 0. The van der Waals surface area contributed by atoms with Crippen molar-refractivity contribution < 1.29 is 17.9 Å². The lowest BCUT2D eigenvalue weighted by Gasteiger charge is -2.10. The van der Waals surface area contributed by atoms with Gasteiger partial charge >= 0.3 is 6.18 Å². The average molecular weight is 216 g/mol. The molecule has 0 spiro atoms. The Kier molecular flexibility index (Phi) is 1.89. The third kappa shape index (κ3) is 1.42. The highest BCUT2D eigenvalue weighted by molar-refractivity contribution is 5.78. The van der Waals surface area contributed by atoms with E-state index in [1.54, 1.807) is 0 Å². The zero-order valence-electron chi connectivity index (χ0n) is 7.75. The fourth-order valence-electron chi connectivity index (χ4n) is 1.56. The lowest BCUT2D eigenvalue weighted by atomic mass is 10.2. The van der Waals surface area contributed by atoms with Gasteiger partial charge in [0.1, 0.15) is 0 Å². The number of fused-ring (bicyclic) bond motifs is 1. The second-order valence-electron chi connectivity index (χ2n) is 3.22. The number of halogens is 3. The molecule has 0 aliphatic heterocycles. The summed E-state index contributed by atoms with van der Waals surface area (Å²) < 4.78 is 39.4. The Morgan fingerprint density at radius 2 is 2.00 bits per heavy atom. The zero-order valence-corrected chi connectivity index (χ0v) is 7.75. The summed E-state index contributed by atoms with van der Waals surface area (Å²) in [5.41, 5.74) is -0.782. The summed E-state index contributed by atoms with van der Waals surface area (Å²) >= 11 is 0. The van der Waals surface area contributed by atoms with Crippen LogP contribution in [-0.2, 0) is 13.2 Å². The smallest absolute Gasteiger partial charge is 0.417 e. The first-order valence-electron chi connectivity index (χ1n) is 4.15. The maximum atomic E-state index is 12.5. The number of aryl methyl sites for hydroxylation is 1. The molecule has 2 aromatic heterocycles. The van der Waals surface area contributed by atoms with Crippen molar-refractivity contribution in [2.24, 2.45) is 7.05 Å². The highest BCUT2D eigenvalue weighted by Gasteiger charge is 2.34. The summed E-state index contributed by atoms with van der Waals surface area (Å²) in [6.45, 7) is 0. The van der Waals surface area contributed by atoms with Gasteiger partial charge in [-0.1, -0.05) is 0 Å². The van der Waals surface area contributed by atoms with Crippen LogP contribution in [0.15, 0.2) is 24.5 Å². The molecule has 0 radical (unpaired) electrons. The van der Waals surface area contributed by atoms with Crippen LogP contribution in [0.3, 0.4) is 0 Å². The predicted octanol–water partition coefficient (Wildman–Crippen LogP) is 1.83. The monoisotopic (exact) mass is 216 g/mol. The molecule has 6 heteroatoms. The van der Waals surface area contributed by atoms with Crippen LogP contribution in [0.25, 0.3) is 11.0 Å². The molecule has 0 saturated carbocycles. The third-order valence-electron chi connectivity index (χ3n) is 2.22. The largest absolute Gasteiger partial charge is 0.711 e. The second kappa shape index (κ2) is 2.88. The van der Waals surface area contributed by atoms with Gasteiger partial charge in [-0.05, 0) is 12.1 Å². The van der Waals surface area contributed by atoms with E-state index in [2.05, 4.69) is 0 Å². The fourth-order valence-corrected chi connectivity index (χ4v) is 1.56. The summed E-state index contributed by atoms with van der Waals surface area (Å²) in [4.78, 5) is 0. The van der Waals surface area contributed by atoms with Crippen molar-refractivity contribution in [2.75, 3.05) is 0 Å². The molecule has 0 atom stereocenters. The van der Waals surface area contributed by atoms with Crippen molar-refractivity contribution in [1.29, 1.82) is 0 Å². The van der Waals surface area contributed by atoms with E-state index in [1.807, 2.05) is 0 Å². The van der Waals surface area contributed by atoms with Gasteiger partial charge in [0.25, 0.3) is 5.65 Å². The van der Waals surface area contributed by atoms with Gasteiger partial charge in [0.15, 0.2) is 0 Å². The van der Waals surface area contributed by atoms with E-state index in [9.17, 15) is 18.4 Å². The van der Waals surface area contributed by atoms with Gasteiger partial charge in [0.2, 0.25) is 0 Å². The Bertz CT molecular complexity index is 516. The summed E-state index contributed by atoms with van der Waals surface area (Å²) in [6, 6.07) is 2.07. The minimum atomic E-state index is -4.44. The molecule has 2 heterocycles. The molecular formula is C9H7F3N2O. The third-order valence-corrected chi connectivity index (χ3v) is 2.22. The van der Waals surface area contributed by atoms with Crippen LogP contribution in [-0.4, -0.2) is 4.57 Å². The maximum absolute atomic E-state index is 12.5. The Morgan fingerprint density at radius 3 is 2.60 bits per heavy atom. The normalized spacial score (nSPS) is 12.3. The Balaban J connectivity index is 2.85. The van der Waals surface area contributed by atoms with E-state index in [1.165, 1.54) is 23.9 Å². The van der Waals surface area contributed by atoms with Crippen LogP contribution in [0.2, 0.25) is 0 Å². The van der Waals surface area contributed by atoms with Crippen molar-refractivity contribution in [3.63, 3.8) is 0 Å². The second-order valence-corrected chi connectivity index (χ2v) is 3.22. The highest BCUT2D eigenvalue weighted by Crippen LogP contribution is 2.33. The van der Waals surface area contributed by atoms with Crippen LogP contribution in [0.4, 0.5) is 13.2 Å². The lowest BCUT2D eigenvalue weighted by molar-refractivity contribution is -0.580.